The van der Waals surface area contributed by atoms with E-state index in [4.69, 9.17) is 0 Å². The molecule has 0 spiro atoms. The Morgan fingerprint density at radius 3 is 1.07 bits per heavy atom. The molecule has 0 fully saturated rings. The van der Waals surface area contributed by atoms with Gasteiger partial charge in [-0.1, -0.05) is 0 Å². The molecule has 15 heavy (non-hydrogen) atoms. The van der Waals surface area contributed by atoms with E-state index in [2.05, 4.69) is 34.6 Å². The van der Waals surface area contributed by atoms with Gasteiger partial charge in [0, 0.05) is 0 Å². The molecule has 0 unspecified atom stereocenters. The minimum Gasteiger partial charge on any atom is -0.418 e. The summed E-state index contributed by atoms with van der Waals surface area (Å²) in [6.45, 7) is 15.3. The third kappa shape index (κ3) is 8.72. The van der Waals surface area contributed by atoms with E-state index in [1.54, 1.807) is 0 Å². The molecule has 0 atom stereocenters. The fourth-order valence-corrected chi connectivity index (χ4v) is 1.77. The molecule has 0 amide bonds. The van der Waals surface area contributed by atoms with Crippen LogP contribution < -0.4 is 0 Å². The molecular formula is C9H22BF4N. The molecule has 0 aliphatic heterocycles. The van der Waals surface area contributed by atoms with Crippen LogP contribution in [0.15, 0.2) is 0 Å². The number of hydrogen-bond donors (Lipinski definition) is 0. The molecule has 0 aliphatic carbocycles. The van der Waals surface area contributed by atoms with Crippen molar-refractivity contribution in [3.8, 4) is 0 Å². The van der Waals surface area contributed by atoms with Crippen molar-refractivity contribution in [2.24, 2.45) is 0 Å². The molecule has 0 aromatic carbocycles. The van der Waals surface area contributed by atoms with Crippen molar-refractivity contribution in [1.82, 2.24) is 0 Å². The second-order valence-corrected chi connectivity index (χ2v) is 3.76. The molecule has 0 aliphatic rings. The Bertz CT molecular complexity index is 140. The average Bonchev–Trinajstić information content (AvgIpc) is 2.05. The Morgan fingerprint density at radius 2 is 1.07 bits per heavy atom. The maximum Gasteiger partial charge on any atom is 0.673 e. The van der Waals surface area contributed by atoms with Crippen molar-refractivity contribution in [3.63, 3.8) is 0 Å². The standard InChI is InChI=1S/C9H22N.BF4/c1-6-10(7-2,8-3)9(4)5;2-1(3,4)5/h9H,6-8H2,1-5H3;/q+1;-1. The van der Waals surface area contributed by atoms with Gasteiger partial charge >= 0.3 is 7.25 Å². The van der Waals surface area contributed by atoms with Crippen molar-refractivity contribution >= 4 is 7.25 Å². The highest BCUT2D eigenvalue weighted by molar-refractivity contribution is 6.50. The summed E-state index contributed by atoms with van der Waals surface area (Å²) < 4.78 is 40.3. The molecule has 0 N–H and O–H groups in total. The summed E-state index contributed by atoms with van der Waals surface area (Å²) in [5.74, 6) is 0. The molecule has 6 heteroatoms. The number of quaternary nitrogens is 1. The molecule has 94 valence electrons. The van der Waals surface area contributed by atoms with E-state index < -0.39 is 7.25 Å². The van der Waals surface area contributed by atoms with Crippen LogP contribution in [0.1, 0.15) is 34.6 Å². The highest BCUT2D eigenvalue weighted by Crippen LogP contribution is 2.11. The third-order valence-corrected chi connectivity index (χ3v) is 2.98. The predicted octanol–water partition coefficient (Wildman–Crippen LogP) is 3.57. The van der Waals surface area contributed by atoms with Crippen LogP contribution in [0.3, 0.4) is 0 Å². The molecule has 0 bridgehead atoms. The first-order chi connectivity index (χ1) is 6.63. The molecule has 0 radical (unpaired) electrons. The maximum absolute atomic E-state index is 9.75. The van der Waals surface area contributed by atoms with Crippen molar-refractivity contribution in [2.75, 3.05) is 19.6 Å². The predicted molar refractivity (Wildman–Crippen MR) is 57.2 cm³/mol. The number of hydrogen-bond acceptors (Lipinski definition) is 0. The Kier molecular flexibility index (Phi) is 8.11. The van der Waals surface area contributed by atoms with Crippen LogP contribution in [0, 0.1) is 0 Å². The summed E-state index contributed by atoms with van der Waals surface area (Å²) in [6.07, 6.45) is 0. The van der Waals surface area contributed by atoms with Crippen molar-refractivity contribution in [2.45, 2.75) is 40.7 Å². The van der Waals surface area contributed by atoms with E-state index in [0.29, 0.717) is 0 Å². The van der Waals surface area contributed by atoms with Crippen LogP contribution in [-0.2, 0) is 0 Å². The molecule has 0 heterocycles. The summed E-state index contributed by atoms with van der Waals surface area (Å²) in [7, 11) is -6.00. The first-order valence-corrected chi connectivity index (χ1v) is 5.36. The van der Waals surface area contributed by atoms with Crippen LogP contribution in [0.2, 0.25) is 0 Å². The zero-order valence-corrected chi connectivity index (χ0v) is 10.2. The van der Waals surface area contributed by atoms with E-state index in [-0.39, 0.29) is 0 Å². The van der Waals surface area contributed by atoms with Crippen LogP contribution in [0.5, 0.6) is 0 Å². The molecule has 1 nitrogen and oxygen atoms in total. The lowest BCUT2D eigenvalue weighted by Gasteiger charge is -2.39. The van der Waals surface area contributed by atoms with Gasteiger partial charge < -0.3 is 21.7 Å². The van der Waals surface area contributed by atoms with E-state index in [1.807, 2.05) is 0 Å². The van der Waals surface area contributed by atoms with Crippen molar-refractivity contribution < 1.29 is 21.7 Å². The normalized spacial score (nSPS) is 12.4. The van der Waals surface area contributed by atoms with E-state index in [1.165, 1.54) is 24.1 Å². The number of halogens is 4. The minimum absolute atomic E-state index is 0.778. The Labute approximate surface area is 90.2 Å². The highest BCUT2D eigenvalue weighted by atomic mass is 19.5. The lowest BCUT2D eigenvalue weighted by atomic mass is 10.2. The smallest absolute Gasteiger partial charge is 0.418 e. The lowest BCUT2D eigenvalue weighted by molar-refractivity contribution is -0.943. The molecule has 0 rings (SSSR count). The minimum atomic E-state index is -6.00. The first-order valence-electron chi connectivity index (χ1n) is 5.36. The van der Waals surface area contributed by atoms with Gasteiger partial charge in [-0.3, -0.25) is 0 Å². The summed E-state index contributed by atoms with van der Waals surface area (Å²) in [6, 6.07) is 0.778. The van der Waals surface area contributed by atoms with E-state index >= 15 is 0 Å². The zero-order chi connectivity index (χ0) is 12.7. The number of nitrogens with zero attached hydrogens (tertiary/aromatic N) is 1. The van der Waals surface area contributed by atoms with E-state index in [9.17, 15) is 17.3 Å². The van der Waals surface area contributed by atoms with Gasteiger partial charge in [-0.05, 0) is 34.6 Å². The van der Waals surface area contributed by atoms with Gasteiger partial charge in [0.15, 0.2) is 0 Å². The van der Waals surface area contributed by atoms with Gasteiger partial charge in [-0.25, -0.2) is 0 Å². The number of rotatable bonds is 4. The monoisotopic (exact) mass is 231 g/mol. The first kappa shape index (κ1) is 17.1. The van der Waals surface area contributed by atoms with Crippen molar-refractivity contribution in [1.29, 1.82) is 0 Å². The van der Waals surface area contributed by atoms with Crippen LogP contribution in [-0.4, -0.2) is 37.4 Å². The van der Waals surface area contributed by atoms with Gasteiger partial charge in [-0.15, -0.1) is 0 Å². The van der Waals surface area contributed by atoms with E-state index in [0.717, 1.165) is 6.04 Å². The Morgan fingerprint density at radius 1 is 0.867 bits per heavy atom. The Hall–Kier alpha value is -0.255. The maximum atomic E-state index is 9.75. The Balaban J connectivity index is 0. The quantitative estimate of drug-likeness (QED) is 0.394. The molecule has 0 aromatic rings. The van der Waals surface area contributed by atoms with Gasteiger partial charge in [0.25, 0.3) is 0 Å². The molecule has 0 saturated carbocycles. The largest absolute Gasteiger partial charge is 0.673 e. The highest BCUT2D eigenvalue weighted by Gasteiger charge is 2.24. The average molecular weight is 231 g/mol. The lowest BCUT2D eigenvalue weighted by Crippen LogP contribution is -2.52. The molecular weight excluding hydrogens is 209 g/mol. The van der Waals surface area contributed by atoms with Crippen LogP contribution in [0.25, 0.3) is 0 Å². The third-order valence-electron chi connectivity index (χ3n) is 2.98. The summed E-state index contributed by atoms with van der Waals surface area (Å²) in [5, 5.41) is 0. The van der Waals surface area contributed by atoms with Gasteiger partial charge in [0.2, 0.25) is 0 Å². The van der Waals surface area contributed by atoms with Gasteiger partial charge in [0.05, 0.1) is 25.7 Å². The summed E-state index contributed by atoms with van der Waals surface area (Å²) in [5.41, 5.74) is 0. The second-order valence-electron chi connectivity index (χ2n) is 3.76. The fourth-order valence-electron chi connectivity index (χ4n) is 1.77. The topological polar surface area (TPSA) is 0 Å². The van der Waals surface area contributed by atoms with Gasteiger partial charge in [-0.2, -0.15) is 0 Å². The van der Waals surface area contributed by atoms with Gasteiger partial charge in [0.1, 0.15) is 0 Å². The molecule has 0 aromatic heterocycles. The fraction of sp³-hybridized carbons (Fsp3) is 1.00. The SMILES string of the molecule is CC[N+](CC)(CC)C(C)C.F[B-](F)(F)F. The van der Waals surface area contributed by atoms with Crippen LogP contribution >= 0.6 is 0 Å². The van der Waals surface area contributed by atoms with Crippen LogP contribution in [0.4, 0.5) is 17.3 Å². The summed E-state index contributed by atoms with van der Waals surface area (Å²) in [4.78, 5) is 0. The summed E-state index contributed by atoms with van der Waals surface area (Å²) >= 11 is 0. The van der Waals surface area contributed by atoms with Crippen molar-refractivity contribution in [3.05, 3.63) is 0 Å². The second kappa shape index (κ2) is 7.09. The zero-order valence-electron chi connectivity index (χ0n) is 10.2. The molecule has 0 saturated heterocycles.